The highest BCUT2D eigenvalue weighted by atomic mass is 79.9. The fourth-order valence-electron chi connectivity index (χ4n) is 2.61. The minimum absolute atomic E-state index is 0.325. The highest BCUT2D eigenvalue weighted by Crippen LogP contribution is 2.25. The van der Waals surface area contributed by atoms with Gasteiger partial charge in [-0.05, 0) is 35.9 Å². The lowest BCUT2D eigenvalue weighted by Gasteiger charge is -2.13. The third-order valence-electron chi connectivity index (χ3n) is 3.97. The quantitative estimate of drug-likeness (QED) is 0.596. The van der Waals surface area contributed by atoms with Crippen LogP contribution in [0.3, 0.4) is 0 Å². The number of ether oxygens (including phenoxy) is 1. The molecular formula is C22H17BrN2O2. The Kier molecular flexibility index (Phi) is 6.24. The van der Waals surface area contributed by atoms with Gasteiger partial charge in [0.25, 0.3) is 5.91 Å². The lowest BCUT2D eigenvalue weighted by molar-refractivity contribution is 0.102. The molecule has 3 aromatic carbocycles. The minimum atomic E-state index is -0.325. The topological polar surface area (TPSA) is 62.1 Å². The molecule has 4 nitrogen and oxygen atoms in total. The van der Waals surface area contributed by atoms with Crippen molar-refractivity contribution < 1.29 is 9.53 Å². The number of carbonyl (C=O) groups excluding carboxylic acids is 1. The number of anilines is 1. The number of para-hydroxylation sites is 1. The summed E-state index contributed by atoms with van der Waals surface area (Å²) >= 11 is 3.40. The molecule has 0 aromatic heterocycles. The first-order chi connectivity index (χ1) is 13.2. The van der Waals surface area contributed by atoms with Crippen LogP contribution in [0.1, 0.15) is 21.5 Å². The maximum atomic E-state index is 12.8. The summed E-state index contributed by atoms with van der Waals surface area (Å²) in [5.74, 6) is 0.176. The number of rotatable bonds is 6. The number of carbonyl (C=O) groups is 1. The van der Waals surface area contributed by atoms with Crippen molar-refractivity contribution in [3.63, 3.8) is 0 Å². The maximum Gasteiger partial charge on any atom is 0.259 e. The molecule has 3 rings (SSSR count). The fraction of sp³-hybridized carbons (Fsp3) is 0.0909. The van der Waals surface area contributed by atoms with Crippen LogP contribution in [0.2, 0.25) is 0 Å². The van der Waals surface area contributed by atoms with Gasteiger partial charge in [0.15, 0.2) is 0 Å². The van der Waals surface area contributed by atoms with E-state index in [1.54, 1.807) is 36.4 Å². The largest absolute Gasteiger partial charge is 0.492 e. The molecule has 0 saturated heterocycles. The third-order valence-corrected chi connectivity index (χ3v) is 4.47. The van der Waals surface area contributed by atoms with Crippen LogP contribution in [-0.4, -0.2) is 12.5 Å². The van der Waals surface area contributed by atoms with E-state index in [0.717, 1.165) is 10.9 Å². The third kappa shape index (κ3) is 4.96. The molecule has 0 saturated carbocycles. The molecule has 0 atom stereocenters. The lowest BCUT2D eigenvalue weighted by atomic mass is 10.1. The van der Waals surface area contributed by atoms with Gasteiger partial charge in [0.05, 0.1) is 23.4 Å². The predicted octanol–water partition coefficient (Wildman–Crippen LogP) is 5.19. The van der Waals surface area contributed by atoms with Gasteiger partial charge >= 0.3 is 0 Å². The number of benzene rings is 3. The molecule has 1 N–H and O–H groups in total. The summed E-state index contributed by atoms with van der Waals surface area (Å²) in [6.07, 6.45) is 0.745. The Bertz CT molecular complexity index is 981. The molecular weight excluding hydrogens is 404 g/mol. The van der Waals surface area contributed by atoms with Crippen LogP contribution in [0.25, 0.3) is 0 Å². The smallest absolute Gasteiger partial charge is 0.259 e. The average Bonchev–Trinajstić information content (AvgIpc) is 2.70. The summed E-state index contributed by atoms with van der Waals surface area (Å²) in [5.41, 5.74) is 2.46. The van der Waals surface area contributed by atoms with Crippen LogP contribution in [0, 0.1) is 11.3 Å². The van der Waals surface area contributed by atoms with Crippen molar-refractivity contribution >= 4 is 27.5 Å². The van der Waals surface area contributed by atoms with E-state index in [4.69, 9.17) is 4.74 Å². The maximum absolute atomic E-state index is 12.8. The van der Waals surface area contributed by atoms with Crippen molar-refractivity contribution in [3.05, 3.63) is 94.0 Å². The highest BCUT2D eigenvalue weighted by Gasteiger charge is 2.15. The summed E-state index contributed by atoms with van der Waals surface area (Å²) in [6, 6.07) is 24.3. The summed E-state index contributed by atoms with van der Waals surface area (Å²) in [6.45, 7) is 0.459. The van der Waals surface area contributed by atoms with E-state index in [1.807, 2.05) is 36.4 Å². The second-order valence-electron chi connectivity index (χ2n) is 5.84. The van der Waals surface area contributed by atoms with Crippen molar-refractivity contribution in [3.8, 4) is 11.8 Å². The van der Waals surface area contributed by atoms with Gasteiger partial charge in [-0.25, -0.2) is 0 Å². The zero-order valence-corrected chi connectivity index (χ0v) is 16.1. The first-order valence-electron chi connectivity index (χ1n) is 8.44. The van der Waals surface area contributed by atoms with Gasteiger partial charge < -0.3 is 10.1 Å². The zero-order chi connectivity index (χ0) is 19.1. The standard InChI is InChI=1S/C22H17BrN2O2/c23-18-10-11-21(27-13-12-16-6-2-1-3-7-16)19(14-18)22(26)25-20-9-5-4-8-17(20)15-24/h1-11,14H,12-13H2,(H,25,26). The SMILES string of the molecule is N#Cc1ccccc1NC(=O)c1cc(Br)ccc1OCCc1ccccc1. The van der Waals surface area contributed by atoms with Crippen LogP contribution in [0.4, 0.5) is 5.69 Å². The van der Waals surface area contributed by atoms with Crippen LogP contribution in [0.15, 0.2) is 77.3 Å². The number of hydrogen-bond donors (Lipinski definition) is 1. The Morgan fingerprint density at radius 3 is 2.56 bits per heavy atom. The van der Waals surface area contributed by atoms with Gasteiger partial charge in [-0.15, -0.1) is 0 Å². The first kappa shape index (κ1) is 18.7. The first-order valence-corrected chi connectivity index (χ1v) is 9.23. The molecule has 1 amide bonds. The summed E-state index contributed by atoms with van der Waals surface area (Å²) < 4.78 is 6.64. The Morgan fingerprint density at radius 2 is 1.78 bits per heavy atom. The fourth-order valence-corrected chi connectivity index (χ4v) is 2.97. The number of nitrogens with one attached hydrogen (secondary N) is 1. The molecule has 3 aromatic rings. The molecule has 0 aliphatic heterocycles. The van der Waals surface area contributed by atoms with E-state index in [2.05, 4.69) is 27.3 Å². The van der Waals surface area contributed by atoms with Crippen LogP contribution in [-0.2, 0) is 6.42 Å². The Balaban J connectivity index is 1.75. The van der Waals surface area contributed by atoms with Crippen molar-refractivity contribution in [2.45, 2.75) is 6.42 Å². The lowest BCUT2D eigenvalue weighted by Crippen LogP contribution is -2.15. The molecule has 0 aliphatic rings. The second-order valence-corrected chi connectivity index (χ2v) is 6.75. The van der Waals surface area contributed by atoms with Crippen LogP contribution in [0.5, 0.6) is 5.75 Å². The van der Waals surface area contributed by atoms with E-state index in [1.165, 1.54) is 5.56 Å². The van der Waals surface area contributed by atoms with Gasteiger partial charge in [0.1, 0.15) is 11.8 Å². The van der Waals surface area contributed by atoms with E-state index in [-0.39, 0.29) is 5.91 Å². The van der Waals surface area contributed by atoms with Crippen molar-refractivity contribution in [2.24, 2.45) is 0 Å². The summed E-state index contributed by atoms with van der Waals surface area (Å²) in [5, 5.41) is 12.0. The van der Waals surface area contributed by atoms with Gasteiger partial charge in [-0.2, -0.15) is 5.26 Å². The minimum Gasteiger partial charge on any atom is -0.492 e. The van der Waals surface area contributed by atoms with Crippen molar-refractivity contribution in [1.82, 2.24) is 0 Å². The van der Waals surface area contributed by atoms with Gasteiger partial charge in [0.2, 0.25) is 0 Å². The summed E-state index contributed by atoms with van der Waals surface area (Å²) in [7, 11) is 0. The second kappa shape index (κ2) is 9.02. The van der Waals surface area contributed by atoms with Gasteiger partial charge in [-0.1, -0.05) is 58.4 Å². The Hall–Kier alpha value is -3.10. The van der Waals surface area contributed by atoms with E-state index < -0.39 is 0 Å². The van der Waals surface area contributed by atoms with Crippen LogP contribution >= 0.6 is 15.9 Å². The summed E-state index contributed by atoms with van der Waals surface area (Å²) in [4.78, 5) is 12.8. The molecule has 134 valence electrons. The number of amides is 1. The normalized spacial score (nSPS) is 10.1. The molecule has 0 aliphatic carbocycles. The van der Waals surface area contributed by atoms with Crippen molar-refractivity contribution in [2.75, 3.05) is 11.9 Å². The molecule has 0 fully saturated rings. The van der Waals surface area contributed by atoms with E-state index in [0.29, 0.717) is 29.2 Å². The molecule has 5 heteroatoms. The van der Waals surface area contributed by atoms with Gasteiger partial charge in [0, 0.05) is 10.9 Å². The molecule has 27 heavy (non-hydrogen) atoms. The Labute approximate surface area is 166 Å². The van der Waals surface area contributed by atoms with E-state index in [9.17, 15) is 10.1 Å². The Morgan fingerprint density at radius 1 is 1.04 bits per heavy atom. The highest BCUT2D eigenvalue weighted by molar-refractivity contribution is 9.10. The molecule has 0 heterocycles. The van der Waals surface area contributed by atoms with Gasteiger partial charge in [-0.3, -0.25) is 4.79 Å². The average molecular weight is 421 g/mol. The number of halogens is 1. The molecule has 0 radical (unpaired) electrons. The molecule has 0 bridgehead atoms. The number of hydrogen-bond acceptors (Lipinski definition) is 3. The molecule has 0 unspecified atom stereocenters. The van der Waals surface area contributed by atoms with Crippen molar-refractivity contribution in [1.29, 1.82) is 5.26 Å². The van der Waals surface area contributed by atoms with Crippen LogP contribution < -0.4 is 10.1 Å². The monoisotopic (exact) mass is 420 g/mol. The molecule has 0 spiro atoms. The number of nitrogens with zero attached hydrogens (tertiary/aromatic N) is 1. The predicted molar refractivity (Wildman–Crippen MR) is 109 cm³/mol. The van der Waals surface area contributed by atoms with E-state index >= 15 is 0 Å². The zero-order valence-electron chi connectivity index (χ0n) is 14.5. The number of nitriles is 1.